The van der Waals surface area contributed by atoms with Crippen LogP contribution in [0.1, 0.15) is 19.4 Å². The van der Waals surface area contributed by atoms with E-state index in [9.17, 15) is 0 Å². The van der Waals surface area contributed by atoms with Crippen LogP contribution in [0.25, 0.3) is 0 Å². The average Bonchev–Trinajstić information content (AvgIpc) is 2.43. The SMILES string of the molecule is CC(C)Oc1ccc(Oc2ccc(/C=N/O)cc2)cc1. The van der Waals surface area contributed by atoms with Crippen molar-refractivity contribution in [3.05, 3.63) is 54.1 Å². The lowest BCUT2D eigenvalue weighted by atomic mass is 10.2. The molecule has 0 saturated heterocycles. The Morgan fingerprint density at radius 1 is 0.900 bits per heavy atom. The van der Waals surface area contributed by atoms with Crippen molar-refractivity contribution in [2.75, 3.05) is 0 Å². The summed E-state index contributed by atoms with van der Waals surface area (Å²) in [5.41, 5.74) is 0.806. The molecule has 0 radical (unpaired) electrons. The number of rotatable bonds is 5. The molecule has 0 unspecified atom stereocenters. The van der Waals surface area contributed by atoms with E-state index < -0.39 is 0 Å². The van der Waals surface area contributed by atoms with Gasteiger partial charge in [0.15, 0.2) is 0 Å². The summed E-state index contributed by atoms with van der Waals surface area (Å²) in [5.74, 6) is 2.28. The quantitative estimate of drug-likeness (QED) is 0.506. The van der Waals surface area contributed by atoms with Gasteiger partial charge < -0.3 is 14.7 Å². The second-order valence-corrected chi connectivity index (χ2v) is 4.55. The van der Waals surface area contributed by atoms with Gasteiger partial charge in [-0.1, -0.05) is 5.16 Å². The number of oxime groups is 1. The van der Waals surface area contributed by atoms with Gasteiger partial charge in [-0.05, 0) is 67.9 Å². The lowest BCUT2D eigenvalue weighted by Crippen LogP contribution is -2.05. The highest BCUT2D eigenvalue weighted by Crippen LogP contribution is 2.24. The highest BCUT2D eigenvalue weighted by molar-refractivity contribution is 5.79. The number of hydrogen-bond acceptors (Lipinski definition) is 4. The molecule has 104 valence electrons. The van der Waals surface area contributed by atoms with Crippen LogP contribution < -0.4 is 9.47 Å². The van der Waals surface area contributed by atoms with Crippen molar-refractivity contribution in [2.24, 2.45) is 5.16 Å². The van der Waals surface area contributed by atoms with E-state index in [-0.39, 0.29) is 6.10 Å². The fraction of sp³-hybridized carbons (Fsp3) is 0.188. The van der Waals surface area contributed by atoms with Crippen molar-refractivity contribution in [3.63, 3.8) is 0 Å². The van der Waals surface area contributed by atoms with Crippen molar-refractivity contribution in [1.82, 2.24) is 0 Å². The first kappa shape index (κ1) is 13.9. The molecule has 0 fully saturated rings. The Morgan fingerprint density at radius 3 is 1.90 bits per heavy atom. The summed E-state index contributed by atoms with van der Waals surface area (Å²) in [7, 11) is 0. The van der Waals surface area contributed by atoms with Crippen LogP contribution in [0.5, 0.6) is 17.2 Å². The maximum Gasteiger partial charge on any atom is 0.127 e. The van der Waals surface area contributed by atoms with Crippen molar-refractivity contribution in [2.45, 2.75) is 20.0 Å². The monoisotopic (exact) mass is 271 g/mol. The van der Waals surface area contributed by atoms with Gasteiger partial charge in [0.1, 0.15) is 17.2 Å². The van der Waals surface area contributed by atoms with Gasteiger partial charge in [-0.3, -0.25) is 0 Å². The first-order valence-corrected chi connectivity index (χ1v) is 6.39. The molecule has 1 N–H and O–H groups in total. The van der Waals surface area contributed by atoms with Crippen LogP contribution in [-0.2, 0) is 0 Å². The molecule has 2 aromatic rings. The molecule has 0 aliphatic rings. The third-order valence-electron chi connectivity index (χ3n) is 2.52. The number of hydrogen-bond donors (Lipinski definition) is 1. The molecule has 0 bridgehead atoms. The molecule has 0 spiro atoms. The molecular formula is C16H17NO3. The molecule has 0 aliphatic carbocycles. The summed E-state index contributed by atoms with van der Waals surface area (Å²) in [6, 6.07) is 14.7. The second-order valence-electron chi connectivity index (χ2n) is 4.55. The van der Waals surface area contributed by atoms with Gasteiger partial charge >= 0.3 is 0 Å². The number of nitrogens with zero attached hydrogens (tertiary/aromatic N) is 1. The van der Waals surface area contributed by atoms with Crippen LogP contribution >= 0.6 is 0 Å². The molecule has 0 amide bonds. The highest BCUT2D eigenvalue weighted by Gasteiger charge is 2.00. The minimum atomic E-state index is 0.155. The minimum Gasteiger partial charge on any atom is -0.491 e. The van der Waals surface area contributed by atoms with Gasteiger partial charge in [0.05, 0.1) is 12.3 Å². The number of benzene rings is 2. The molecule has 4 nitrogen and oxygen atoms in total. The van der Waals surface area contributed by atoms with E-state index in [1.165, 1.54) is 6.21 Å². The molecule has 0 heterocycles. The third-order valence-corrected chi connectivity index (χ3v) is 2.52. The molecule has 20 heavy (non-hydrogen) atoms. The lowest BCUT2D eigenvalue weighted by Gasteiger charge is -2.10. The topological polar surface area (TPSA) is 51.0 Å². The van der Waals surface area contributed by atoms with E-state index >= 15 is 0 Å². The summed E-state index contributed by atoms with van der Waals surface area (Å²) >= 11 is 0. The molecule has 0 saturated carbocycles. The molecule has 0 atom stereocenters. The minimum absolute atomic E-state index is 0.155. The Morgan fingerprint density at radius 2 is 1.40 bits per heavy atom. The van der Waals surface area contributed by atoms with Crippen molar-refractivity contribution in [3.8, 4) is 17.2 Å². The Hall–Kier alpha value is -2.49. The van der Waals surface area contributed by atoms with Gasteiger partial charge in [0, 0.05) is 0 Å². The summed E-state index contributed by atoms with van der Waals surface area (Å²) < 4.78 is 11.3. The van der Waals surface area contributed by atoms with E-state index in [2.05, 4.69) is 5.16 Å². The van der Waals surface area contributed by atoms with Gasteiger partial charge in [0.25, 0.3) is 0 Å². The van der Waals surface area contributed by atoms with Gasteiger partial charge in [-0.15, -0.1) is 0 Å². The van der Waals surface area contributed by atoms with Crippen LogP contribution in [-0.4, -0.2) is 17.5 Å². The van der Waals surface area contributed by atoms with E-state index in [1.54, 1.807) is 0 Å². The zero-order valence-electron chi connectivity index (χ0n) is 11.5. The Kier molecular flexibility index (Phi) is 4.60. The summed E-state index contributed by atoms with van der Waals surface area (Å²) in [4.78, 5) is 0. The standard InChI is InChI=1S/C16H17NO3/c1-12(2)19-14-7-9-16(10-8-14)20-15-5-3-13(4-6-15)11-17-18/h3-12,18H,1-2H3/b17-11+. The summed E-state index contributed by atoms with van der Waals surface area (Å²) in [6.45, 7) is 3.98. The molecule has 2 aromatic carbocycles. The number of ether oxygens (including phenoxy) is 2. The van der Waals surface area contributed by atoms with E-state index in [4.69, 9.17) is 14.7 Å². The molecular weight excluding hydrogens is 254 g/mol. The zero-order chi connectivity index (χ0) is 14.4. The van der Waals surface area contributed by atoms with Crippen LogP contribution in [0.2, 0.25) is 0 Å². The smallest absolute Gasteiger partial charge is 0.127 e. The van der Waals surface area contributed by atoms with E-state index in [1.807, 2.05) is 62.4 Å². The van der Waals surface area contributed by atoms with Gasteiger partial charge in [0.2, 0.25) is 0 Å². The van der Waals surface area contributed by atoms with Gasteiger partial charge in [-0.25, -0.2) is 0 Å². The van der Waals surface area contributed by atoms with Crippen LogP contribution in [0.4, 0.5) is 0 Å². The van der Waals surface area contributed by atoms with Crippen LogP contribution in [0.15, 0.2) is 53.7 Å². The average molecular weight is 271 g/mol. The largest absolute Gasteiger partial charge is 0.491 e. The van der Waals surface area contributed by atoms with Crippen LogP contribution in [0, 0.1) is 0 Å². The van der Waals surface area contributed by atoms with E-state index in [0.29, 0.717) is 0 Å². The maximum absolute atomic E-state index is 8.44. The van der Waals surface area contributed by atoms with Crippen molar-refractivity contribution in [1.29, 1.82) is 0 Å². The third kappa shape index (κ3) is 4.02. The Labute approximate surface area is 118 Å². The normalized spacial score (nSPS) is 10.9. The summed E-state index contributed by atoms with van der Waals surface area (Å²) in [6.07, 6.45) is 1.52. The highest BCUT2D eigenvalue weighted by atomic mass is 16.5. The first-order chi connectivity index (χ1) is 9.67. The summed E-state index contributed by atoms with van der Waals surface area (Å²) in [5, 5.41) is 11.4. The predicted molar refractivity (Wildman–Crippen MR) is 78.1 cm³/mol. The zero-order valence-corrected chi connectivity index (χ0v) is 11.5. The predicted octanol–water partition coefficient (Wildman–Crippen LogP) is 4.07. The molecule has 0 aliphatic heterocycles. The maximum atomic E-state index is 8.44. The molecule has 0 aromatic heterocycles. The fourth-order valence-electron chi connectivity index (χ4n) is 1.68. The lowest BCUT2D eigenvalue weighted by molar-refractivity contribution is 0.242. The molecule has 2 rings (SSSR count). The molecule has 4 heteroatoms. The Balaban J connectivity index is 2.02. The van der Waals surface area contributed by atoms with Crippen molar-refractivity contribution < 1.29 is 14.7 Å². The van der Waals surface area contributed by atoms with Gasteiger partial charge in [-0.2, -0.15) is 0 Å². The van der Waals surface area contributed by atoms with Crippen LogP contribution in [0.3, 0.4) is 0 Å². The first-order valence-electron chi connectivity index (χ1n) is 6.39. The second kappa shape index (κ2) is 6.61. The fourth-order valence-corrected chi connectivity index (χ4v) is 1.68. The Bertz CT molecular complexity index is 559. The van der Waals surface area contributed by atoms with E-state index in [0.717, 1.165) is 22.8 Å². The van der Waals surface area contributed by atoms with Crippen molar-refractivity contribution >= 4 is 6.21 Å².